The number of nitrogens with one attached hydrogen (secondary N) is 4. The molecule has 0 amide bonds. The second kappa shape index (κ2) is 14.2. The molecule has 0 spiro atoms. The van der Waals surface area contributed by atoms with Crippen LogP contribution in [0.2, 0.25) is 0 Å². The van der Waals surface area contributed by atoms with Crippen LogP contribution in [0.25, 0.3) is 21.8 Å². The van der Waals surface area contributed by atoms with Gasteiger partial charge in [-0.25, -0.2) is 9.59 Å². The van der Waals surface area contributed by atoms with Crippen LogP contribution in [0.3, 0.4) is 0 Å². The third-order valence-electron chi connectivity index (χ3n) is 5.94. The molecule has 0 radical (unpaired) electrons. The molecule has 0 atom stereocenters. The first-order valence-corrected chi connectivity index (χ1v) is 12.5. The highest BCUT2D eigenvalue weighted by Gasteiger charge is 2.04. The molecule has 4 aromatic heterocycles. The molecule has 4 heterocycles. The third kappa shape index (κ3) is 7.97. The van der Waals surface area contributed by atoms with Crippen LogP contribution >= 0.6 is 0 Å². The number of hydrogen-bond acceptors (Lipinski definition) is 6. The fourth-order valence-corrected chi connectivity index (χ4v) is 4.08. The summed E-state index contributed by atoms with van der Waals surface area (Å²) < 4.78 is 10.6. The Morgan fingerprint density at radius 1 is 0.600 bits per heavy atom. The Hall–Kier alpha value is -5.06. The summed E-state index contributed by atoms with van der Waals surface area (Å²) in [5, 5.41) is 24.1. The summed E-state index contributed by atoms with van der Waals surface area (Å²) in [7, 11) is 0. The second-order valence-electron chi connectivity index (χ2n) is 8.69. The van der Waals surface area contributed by atoms with Crippen LogP contribution in [-0.4, -0.2) is 32.1 Å². The summed E-state index contributed by atoms with van der Waals surface area (Å²) in [4.78, 5) is 24.6. The van der Waals surface area contributed by atoms with Crippen LogP contribution < -0.4 is 10.6 Å². The molecule has 0 fully saturated rings. The number of benzene rings is 2. The van der Waals surface area contributed by atoms with Crippen molar-refractivity contribution in [2.24, 2.45) is 0 Å². The van der Waals surface area contributed by atoms with Crippen molar-refractivity contribution in [1.29, 1.82) is 0 Å². The zero-order chi connectivity index (χ0) is 28.2. The maximum atomic E-state index is 9.10. The molecular formula is C30H30N4O6. The van der Waals surface area contributed by atoms with Gasteiger partial charge in [0.05, 0.1) is 25.6 Å². The standard InChI is InChI=1S/2C14H14N2O.C2H2O4/c2*1-3-11(13-6-7-16-14(13)5-1)9-15-10-12-4-2-8-17-12;3-1(4)2(5)6/h2*1-8,15-16H,9-10H2;(H,3,4)(H,5,6). The van der Waals surface area contributed by atoms with Gasteiger partial charge in [0.15, 0.2) is 0 Å². The highest BCUT2D eigenvalue weighted by Crippen LogP contribution is 2.18. The normalized spacial score (nSPS) is 10.5. The average Bonchev–Trinajstić information content (AvgIpc) is 3.77. The fraction of sp³-hybridized carbons (Fsp3) is 0.133. The predicted octanol–water partition coefficient (Wildman–Crippen LogP) is 5.26. The fourth-order valence-electron chi connectivity index (χ4n) is 4.08. The van der Waals surface area contributed by atoms with Gasteiger partial charge in [0.2, 0.25) is 0 Å². The number of fused-ring (bicyclic) bond motifs is 2. The number of aliphatic carboxylic acids is 2. The summed E-state index contributed by atoms with van der Waals surface area (Å²) in [6.45, 7) is 3.20. The highest BCUT2D eigenvalue weighted by molar-refractivity contribution is 6.27. The van der Waals surface area contributed by atoms with Gasteiger partial charge >= 0.3 is 11.9 Å². The Kier molecular flexibility index (Phi) is 9.92. The van der Waals surface area contributed by atoms with E-state index in [9.17, 15) is 0 Å². The van der Waals surface area contributed by atoms with E-state index in [-0.39, 0.29) is 0 Å². The number of furan rings is 2. The van der Waals surface area contributed by atoms with Crippen molar-refractivity contribution < 1.29 is 28.6 Å². The minimum atomic E-state index is -1.82. The summed E-state index contributed by atoms with van der Waals surface area (Å²) >= 11 is 0. The number of rotatable bonds is 8. The molecule has 0 unspecified atom stereocenters. The molecule has 6 rings (SSSR count). The lowest BCUT2D eigenvalue weighted by Gasteiger charge is -2.04. The topological polar surface area (TPSA) is 157 Å². The van der Waals surface area contributed by atoms with Crippen molar-refractivity contribution in [3.63, 3.8) is 0 Å². The van der Waals surface area contributed by atoms with Crippen molar-refractivity contribution in [3.05, 3.63) is 120 Å². The molecule has 40 heavy (non-hydrogen) atoms. The van der Waals surface area contributed by atoms with E-state index in [0.717, 1.165) is 37.7 Å². The van der Waals surface area contributed by atoms with Crippen molar-refractivity contribution in [2.75, 3.05) is 0 Å². The lowest BCUT2D eigenvalue weighted by atomic mass is 10.1. The first-order chi connectivity index (χ1) is 19.5. The number of aromatic amines is 2. The van der Waals surface area contributed by atoms with Crippen LogP contribution in [0, 0.1) is 0 Å². The van der Waals surface area contributed by atoms with Crippen molar-refractivity contribution in [3.8, 4) is 0 Å². The van der Waals surface area contributed by atoms with Crippen molar-refractivity contribution >= 4 is 33.7 Å². The highest BCUT2D eigenvalue weighted by atomic mass is 16.4. The van der Waals surface area contributed by atoms with Gasteiger partial charge < -0.3 is 39.6 Å². The van der Waals surface area contributed by atoms with Gasteiger partial charge in [-0.15, -0.1) is 0 Å². The summed E-state index contributed by atoms with van der Waals surface area (Å²) in [6, 6.07) is 24.6. The lowest BCUT2D eigenvalue weighted by Crippen LogP contribution is -2.12. The SMILES string of the molecule is O=C(O)C(=O)O.c1coc(CNCc2cccc3[nH]ccc23)c1.c1coc(CNCc2cccc3[nH]ccc23)c1. The minimum Gasteiger partial charge on any atom is -0.473 e. The largest absolute Gasteiger partial charge is 0.473 e. The smallest absolute Gasteiger partial charge is 0.414 e. The van der Waals surface area contributed by atoms with Crippen LogP contribution in [0.4, 0.5) is 0 Å². The van der Waals surface area contributed by atoms with E-state index in [1.54, 1.807) is 12.5 Å². The Balaban J connectivity index is 0.000000155. The molecule has 10 nitrogen and oxygen atoms in total. The minimum absolute atomic E-state index is 0.758. The van der Waals surface area contributed by atoms with Gasteiger partial charge in [-0.05, 0) is 59.7 Å². The van der Waals surface area contributed by atoms with E-state index in [1.165, 1.54) is 32.9 Å². The second-order valence-corrected chi connectivity index (χ2v) is 8.69. The third-order valence-corrected chi connectivity index (χ3v) is 5.94. The quantitative estimate of drug-likeness (QED) is 0.142. The molecule has 0 bridgehead atoms. The van der Waals surface area contributed by atoms with E-state index in [1.807, 2.05) is 36.7 Å². The van der Waals surface area contributed by atoms with Crippen LogP contribution in [0.1, 0.15) is 22.6 Å². The number of carbonyl (C=O) groups is 2. The number of carboxylic acids is 2. The molecule has 0 aliphatic heterocycles. The van der Waals surface area contributed by atoms with Gasteiger partial charge in [0.25, 0.3) is 0 Å². The van der Waals surface area contributed by atoms with Gasteiger partial charge in [-0.1, -0.05) is 24.3 Å². The molecule has 6 N–H and O–H groups in total. The number of aromatic nitrogens is 2. The summed E-state index contributed by atoms with van der Waals surface area (Å²) in [5.41, 5.74) is 4.97. The Morgan fingerprint density at radius 2 is 1.05 bits per heavy atom. The molecule has 0 saturated heterocycles. The van der Waals surface area contributed by atoms with Gasteiger partial charge in [0.1, 0.15) is 11.5 Å². The predicted molar refractivity (Wildman–Crippen MR) is 150 cm³/mol. The molecule has 6 aromatic rings. The molecule has 206 valence electrons. The van der Waals surface area contributed by atoms with Crippen LogP contribution in [0.5, 0.6) is 0 Å². The number of H-pyrrole nitrogens is 2. The van der Waals surface area contributed by atoms with E-state index in [0.29, 0.717) is 0 Å². The summed E-state index contributed by atoms with van der Waals surface area (Å²) in [5.74, 6) is -1.72. The Bertz CT molecular complexity index is 1490. The molecule has 10 heteroatoms. The van der Waals surface area contributed by atoms with E-state index < -0.39 is 11.9 Å². The molecule has 0 aliphatic rings. The van der Waals surface area contributed by atoms with Gasteiger partial charge in [-0.2, -0.15) is 0 Å². The molecule has 0 aliphatic carbocycles. The maximum Gasteiger partial charge on any atom is 0.414 e. The molecular weight excluding hydrogens is 512 g/mol. The summed E-state index contributed by atoms with van der Waals surface area (Å²) in [6.07, 6.45) is 7.34. The van der Waals surface area contributed by atoms with Gasteiger partial charge in [0, 0.05) is 47.3 Å². The first-order valence-electron chi connectivity index (χ1n) is 12.5. The first kappa shape index (κ1) is 28.0. The Labute approximate surface area is 229 Å². The zero-order valence-corrected chi connectivity index (χ0v) is 21.6. The maximum absolute atomic E-state index is 9.10. The van der Waals surface area contributed by atoms with Crippen molar-refractivity contribution in [1.82, 2.24) is 20.6 Å². The zero-order valence-electron chi connectivity index (χ0n) is 21.6. The molecule has 0 saturated carbocycles. The van der Waals surface area contributed by atoms with Crippen molar-refractivity contribution in [2.45, 2.75) is 26.2 Å². The van der Waals surface area contributed by atoms with E-state index in [4.69, 9.17) is 28.6 Å². The van der Waals surface area contributed by atoms with Gasteiger partial charge in [-0.3, -0.25) is 0 Å². The lowest BCUT2D eigenvalue weighted by molar-refractivity contribution is -0.159. The number of hydrogen-bond donors (Lipinski definition) is 6. The monoisotopic (exact) mass is 542 g/mol. The van der Waals surface area contributed by atoms with Crippen LogP contribution in [-0.2, 0) is 35.8 Å². The number of carboxylic acid groups (broad SMARTS) is 2. The molecule has 2 aromatic carbocycles. The average molecular weight is 543 g/mol. The van der Waals surface area contributed by atoms with E-state index >= 15 is 0 Å². The van der Waals surface area contributed by atoms with E-state index in [2.05, 4.69) is 69.1 Å². The van der Waals surface area contributed by atoms with Crippen LogP contribution in [0.15, 0.2) is 107 Å². The Morgan fingerprint density at radius 3 is 1.43 bits per heavy atom.